The molecular weight excluding hydrogens is 436 g/mol. The molecule has 5 rings (SSSR count). The van der Waals surface area contributed by atoms with Crippen molar-refractivity contribution in [2.45, 2.75) is 75.5 Å². The Kier molecular flexibility index (Phi) is 5.63. The number of fused-ring (bicyclic) bond motifs is 1. The van der Waals surface area contributed by atoms with Gasteiger partial charge in [0, 0.05) is 11.1 Å². The summed E-state index contributed by atoms with van der Waals surface area (Å²) >= 11 is 0. The number of nitrogens with zero attached hydrogens (tertiary/aromatic N) is 1. The van der Waals surface area contributed by atoms with E-state index in [1.54, 1.807) is 25.3 Å². The fraction of sp³-hybridized carbons (Fsp3) is 0.500. The molecule has 2 aromatic heterocycles. The third kappa shape index (κ3) is 4.12. The molecule has 0 saturated heterocycles. The third-order valence-electron chi connectivity index (χ3n) is 7.38. The fourth-order valence-corrected chi connectivity index (χ4v) is 6.79. The second kappa shape index (κ2) is 8.35. The Hall–Kier alpha value is -2.54. The number of hydrogen-bond acceptors (Lipinski definition) is 4. The van der Waals surface area contributed by atoms with Crippen molar-refractivity contribution in [3.8, 4) is 16.9 Å². The van der Waals surface area contributed by atoms with Crippen LogP contribution < -0.4 is 9.47 Å². The first-order valence-corrected chi connectivity index (χ1v) is 13.6. The van der Waals surface area contributed by atoms with Crippen LogP contribution in [0.1, 0.15) is 58.1 Å². The largest absolute Gasteiger partial charge is 0.710 e. The molecule has 6 nitrogen and oxygen atoms in total. The van der Waals surface area contributed by atoms with Crippen molar-refractivity contribution in [3.05, 3.63) is 47.4 Å². The molecule has 0 bridgehead atoms. The van der Waals surface area contributed by atoms with Gasteiger partial charge in [-0.2, -0.15) is 0 Å². The predicted molar refractivity (Wildman–Crippen MR) is 129 cm³/mol. The lowest BCUT2D eigenvalue weighted by Crippen LogP contribution is -2.31. The molecule has 2 heterocycles. The van der Waals surface area contributed by atoms with Crippen LogP contribution in [-0.4, -0.2) is 24.8 Å². The predicted octanol–water partition coefficient (Wildman–Crippen LogP) is 5.31. The first-order chi connectivity index (χ1) is 15.8. The van der Waals surface area contributed by atoms with Crippen molar-refractivity contribution in [1.29, 1.82) is 0 Å². The molecule has 1 aromatic carbocycles. The number of rotatable bonds is 6. The van der Waals surface area contributed by atoms with Gasteiger partial charge in [0.1, 0.15) is 11.4 Å². The van der Waals surface area contributed by atoms with Crippen LogP contribution in [0.4, 0.5) is 0 Å². The molecule has 2 saturated carbocycles. The second-order valence-electron chi connectivity index (χ2n) is 10.0. The number of aryl methyl sites for hydroxylation is 1. The molecule has 7 heteroatoms. The van der Waals surface area contributed by atoms with Crippen molar-refractivity contribution < 1.29 is 17.9 Å². The summed E-state index contributed by atoms with van der Waals surface area (Å²) in [5, 5.41) is 13.0. The number of hydrogen-bond donors (Lipinski definition) is 1. The molecule has 176 valence electrons. The lowest BCUT2D eigenvalue weighted by atomic mass is 9.80. The minimum absolute atomic E-state index is 0.112. The number of sulfone groups is 1. The van der Waals surface area contributed by atoms with Crippen molar-refractivity contribution in [3.63, 3.8) is 0 Å². The fourth-order valence-electron chi connectivity index (χ4n) is 5.11. The lowest BCUT2D eigenvalue weighted by molar-refractivity contribution is -0.586. The van der Waals surface area contributed by atoms with Gasteiger partial charge in [-0.05, 0) is 87.6 Å². The van der Waals surface area contributed by atoms with E-state index in [-0.39, 0.29) is 11.4 Å². The van der Waals surface area contributed by atoms with Gasteiger partial charge >= 0.3 is 0 Å². The van der Waals surface area contributed by atoms with E-state index in [0.717, 1.165) is 65.7 Å². The van der Waals surface area contributed by atoms with Crippen LogP contribution in [-0.2, 0) is 9.84 Å². The Morgan fingerprint density at radius 1 is 1.03 bits per heavy atom. The molecule has 3 aromatic rings. The van der Waals surface area contributed by atoms with Crippen LogP contribution in [0.15, 0.2) is 41.4 Å². The van der Waals surface area contributed by atoms with Gasteiger partial charge in [-0.1, -0.05) is 13.8 Å². The zero-order valence-electron chi connectivity index (χ0n) is 19.5. The van der Waals surface area contributed by atoms with E-state index in [9.17, 15) is 13.6 Å². The van der Waals surface area contributed by atoms with Gasteiger partial charge in [0.05, 0.1) is 27.8 Å². The first-order valence-electron chi connectivity index (χ1n) is 12.0. The molecule has 2 aliphatic carbocycles. The number of H-pyrrole nitrogens is 1. The summed E-state index contributed by atoms with van der Waals surface area (Å²) < 4.78 is 33.4. The first kappa shape index (κ1) is 22.3. The number of aromatic nitrogens is 2. The minimum atomic E-state index is -3.35. The highest BCUT2D eigenvalue weighted by Crippen LogP contribution is 2.41. The highest BCUT2D eigenvalue weighted by molar-refractivity contribution is 7.92. The van der Waals surface area contributed by atoms with Crippen LogP contribution in [0, 0.1) is 24.0 Å². The van der Waals surface area contributed by atoms with Crippen molar-refractivity contribution in [2.75, 3.05) is 0 Å². The summed E-state index contributed by atoms with van der Waals surface area (Å²) in [6.45, 7) is 6.32. The zero-order valence-corrected chi connectivity index (χ0v) is 20.3. The Morgan fingerprint density at radius 2 is 1.76 bits per heavy atom. The maximum Gasteiger partial charge on any atom is 0.290 e. The molecule has 2 aliphatic rings. The number of benzene rings is 1. The standard InChI is InChI=1S/C26H32N2O4S/c1-16(2)18-4-6-19(7-5-18)32-25-11-10-21(33(30,31)20-8-9-20)15-24(25)23-14-17(3)28(29)26-22(23)12-13-27-26/h10-16,18-20,27H,4-9H2,1-3H3/t18-,19-. The topological polar surface area (TPSA) is 86.1 Å². The van der Waals surface area contributed by atoms with E-state index in [4.69, 9.17) is 4.74 Å². The van der Waals surface area contributed by atoms with E-state index in [1.165, 1.54) is 0 Å². The molecule has 2 fully saturated rings. The number of pyridine rings is 1. The number of aromatic amines is 1. The summed E-state index contributed by atoms with van der Waals surface area (Å²) in [6, 6.07) is 8.93. The van der Waals surface area contributed by atoms with E-state index in [1.807, 2.05) is 18.2 Å². The van der Waals surface area contributed by atoms with Gasteiger partial charge in [0.25, 0.3) is 5.65 Å². The van der Waals surface area contributed by atoms with Gasteiger partial charge in [-0.25, -0.2) is 18.1 Å². The Balaban J connectivity index is 1.58. The summed E-state index contributed by atoms with van der Waals surface area (Å²) in [5.41, 5.74) is 2.55. The molecule has 33 heavy (non-hydrogen) atoms. The highest BCUT2D eigenvalue weighted by Gasteiger charge is 2.37. The quantitative estimate of drug-likeness (QED) is 0.393. The number of ether oxygens (including phenoxy) is 1. The zero-order chi connectivity index (χ0) is 23.3. The average molecular weight is 469 g/mol. The molecular formula is C26H32N2O4S. The van der Waals surface area contributed by atoms with Gasteiger partial charge in [0.2, 0.25) is 0 Å². The van der Waals surface area contributed by atoms with E-state index < -0.39 is 9.84 Å². The molecule has 0 spiro atoms. The van der Waals surface area contributed by atoms with Crippen molar-refractivity contribution >= 4 is 20.9 Å². The molecule has 0 aliphatic heterocycles. The van der Waals surface area contributed by atoms with Crippen molar-refractivity contribution in [2.24, 2.45) is 11.8 Å². The van der Waals surface area contributed by atoms with Crippen LogP contribution >= 0.6 is 0 Å². The van der Waals surface area contributed by atoms with Gasteiger partial charge in [-0.15, -0.1) is 0 Å². The molecule has 0 unspecified atom stereocenters. The molecule has 0 radical (unpaired) electrons. The van der Waals surface area contributed by atoms with Crippen LogP contribution in [0.3, 0.4) is 0 Å². The summed E-state index contributed by atoms with van der Waals surface area (Å²) in [5.74, 6) is 2.10. The normalized spacial score (nSPS) is 21.6. The third-order valence-corrected chi connectivity index (χ3v) is 9.64. The second-order valence-corrected chi connectivity index (χ2v) is 12.3. The van der Waals surface area contributed by atoms with Gasteiger partial charge < -0.3 is 9.94 Å². The lowest BCUT2D eigenvalue weighted by Gasteiger charge is -2.31. The van der Waals surface area contributed by atoms with Crippen LogP contribution in [0.25, 0.3) is 22.2 Å². The van der Waals surface area contributed by atoms with E-state index in [0.29, 0.717) is 27.9 Å². The van der Waals surface area contributed by atoms with Gasteiger partial charge in [0.15, 0.2) is 9.84 Å². The maximum atomic E-state index is 13.0. The molecule has 0 amide bonds. The SMILES string of the molecule is Cc1cc(-c2cc(S(=O)(=O)C3CC3)ccc2O[C@H]2CC[C@H](C(C)C)CC2)c2cc[nH]c2[n+]1[O-]. The Bertz CT molecular complexity index is 1280. The smallest absolute Gasteiger partial charge is 0.290 e. The molecule has 0 atom stereocenters. The molecule has 1 N–H and O–H groups in total. The average Bonchev–Trinajstić information content (AvgIpc) is 3.55. The summed E-state index contributed by atoms with van der Waals surface area (Å²) in [4.78, 5) is 3.35. The van der Waals surface area contributed by atoms with Crippen LogP contribution in [0.5, 0.6) is 5.75 Å². The number of nitrogens with one attached hydrogen (secondary N) is 1. The monoisotopic (exact) mass is 468 g/mol. The minimum Gasteiger partial charge on any atom is -0.710 e. The Morgan fingerprint density at radius 3 is 2.42 bits per heavy atom. The van der Waals surface area contributed by atoms with Gasteiger partial charge in [-0.3, -0.25) is 0 Å². The highest BCUT2D eigenvalue weighted by atomic mass is 32.2. The summed E-state index contributed by atoms with van der Waals surface area (Å²) in [7, 11) is -3.35. The van der Waals surface area contributed by atoms with E-state index in [2.05, 4.69) is 18.8 Å². The van der Waals surface area contributed by atoms with Crippen molar-refractivity contribution in [1.82, 2.24) is 4.98 Å². The summed E-state index contributed by atoms with van der Waals surface area (Å²) in [6.07, 6.45) is 7.58. The Labute approximate surface area is 195 Å². The maximum absolute atomic E-state index is 13.0. The van der Waals surface area contributed by atoms with Crippen LogP contribution in [0.2, 0.25) is 0 Å². The van der Waals surface area contributed by atoms with E-state index >= 15 is 0 Å².